The fourth-order valence-corrected chi connectivity index (χ4v) is 4.41. The molecule has 4 amide bonds. The van der Waals surface area contributed by atoms with Crippen molar-refractivity contribution in [2.24, 2.45) is 0 Å². The van der Waals surface area contributed by atoms with E-state index in [1.165, 1.54) is 5.56 Å². The number of benzene rings is 2. The summed E-state index contributed by atoms with van der Waals surface area (Å²) in [5.74, 6) is 0.366. The average molecular weight is 436 g/mol. The Balaban J connectivity index is 1.18. The van der Waals surface area contributed by atoms with Crippen molar-refractivity contribution in [3.63, 3.8) is 0 Å². The fraction of sp³-hybridized carbons (Fsp3) is 0.348. The summed E-state index contributed by atoms with van der Waals surface area (Å²) in [6.45, 7) is 1.99. The number of likely N-dealkylation sites (tertiary alicyclic amines) is 1. The molecule has 5 rings (SSSR count). The van der Waals surface area contributed by atoms with Crippen molar-refractivity contribution in [1.29, 1.82) is 0 Å². The van der Waals surface area contributed by atoms with Crippen LogP contribution in [-0.4, -0.2) is 59.6 Å². The molecule has 0 saturated carbocycles. The van der Waals surface area contributed by atoms with E-state index >= 15 is 0 Å². The van der Waals surface area contributed by atoms with Crippen molar-refractivity contribution >= 4 is 23.5 Å². The first-order chi connectivity index (χ1) is 15.5. The van der Waals surface area contributed by atoms with Gasteiger partial charge < -0.3 is 20.1 Å². The summed E-state index contributed by atoms with van der Waals surface area (Å²) in [6, 6.07) is 14.7. The van der Waals surface area contributed by atoms with Crippen molar-refractivity contribution in [2.45, 2.75) is 24.9 Å². The van der Waals surface area contributed by atoms with E-state index in [0.29, 0.717) is 43.1 Å². The SMILES string of the molecule is O=C(CN1C(=O)NC2(CCN(Cc3ccccc3)CC2)C1=O)Nc1ccc2c(c1)OCO2. The summed E-state index contributed by atoms with van der Waals surface area (Å²) in [5.41, 5.74) is 0.797. The molecule has 0 atom stereocenters. The third-order valence-corrected chi connectivity index (χ3v) is 6.16. The van der Waals surface area contributed by atoms with Gasteiger partial charge in [-0.05, 0) is 30.5 Å². The summed E-state index contributed by atoms with van der Waals surface area (Å²) >= 11 is 0. The van der Waals surface area contributed by atoms with Gasteiger partial charge in [-0.3, -0.25) is 19.4 Å². The smallest absolute Gasteiger partial charge is 0.325 e. The number of hydrogen-bond acceptors (Lipinski definition) is 6. The van der Waals surface area contributed by atoms with Gasteiger partial charge in [-0.25, -0.2) is 4.79 Å². The molecule has 0 radical (unpaired) electrons. The minimum atomic E-state index is -0.927. The summed E-state index contributed by atoms with van der Waals surface area (Å²) in [7, 11) is 0. The molecule has 2 saturated heterocycles. The molecule has 0 unspecified atom stereocenters. The molecule has 0 bridgehead atoms. The lowest BCUT2D eigenvalue weighted by Gasteiger charge is -2.37. The molecule has 9 nitrogen and oxygen atoms in total. The highest BCUT2D eigenvalue weighted by Gasteiger charge is 2.52. The molecule has 3 aliphatic heterocycles. The van der Waals surface area contributed by atoms with E-state index in [1.807, 2.05) is 18.2 Å². The van der Waals surface area contributed by atoms with Gasteiger partial charge >= 0.3 is 6.03 Å². The van der Waals surface area contributed by atoms with Crippen molar-refractivity contribution in [3.8, 4) is 11.5 Å². The normalized spacial score (nSPS) is 19.3. The molecule has 1 spiro atoms. The second-order valence-corrected chi connectivity index (χ2v) is 8.28. The van der Waals surface area contributed by atoms with E-state index in [9.17, 15) is 14.4 Å². The minimum absolute atomic E-state index is 0.139. The zero-order valence-corrected chi connectivity index (χ0v) is 17.5. The second kappa shape index (κ2) is 8.16. The quantitative estimate of drug-likeness (QED) is 0.695. The predicted octanol–water partition coefficient (Wildman–Crippen LogP) is 1.94. The van der Waals surface area contributed by atoms with Gasteiger partial charge in [0.2, 0.25) is 12.7 Å². The number of anilines is 1. The number of piperidine rings is 1. The van der Waals surface area contributed by atoms with Crippen LogP contribution in [0.4, 0.5) is 10.5 Å². The third kappa shape index (κ3) is 3.87. The Morgan fingerprint density at radius 3 is 2.56 bits per heavy atom. The molecule has 0 aliphatic carbocycles. The maximum absolute atomic E-state index is 13.1. The van der Waals surface area contributed by atoms with Crippen molar-refractivity contribution in [1.82, 2.24) is 15.1 Å². The van der Waals surface area contributed by atoms with E-state index < -0.39 is 17.5 Å². The van der Waals surface area contributed by atoms with Crippen LogP contribution in [0, 0.1) is 0 Å². The number of rotatable bonds is 5. The lowest BCUT2D eigenvalue weighted by atomic mass is 9.87. The Morgan fingerprint density at radius 1 is 1.03 bits per heavy atom. The van der Waals surface area contributed by atoms with Gasteiger partial charge in [0.1, 0.15) is 12.1 Å². The lowest BCUT2D eigenvalue weighted by molar-refractivity contribution is -0.135. The number of nitrogens with zero attached hydrogens (tertiary/aromatic N) is 2. The summed E-state index contributed by atoms with van der Waals surface area (Å²) in [6.07, 6.45) is 1.04. The van der Waals surface area contributed by atoms with Gasteiger partial charge in [0.15, 0.2) is 11.5 Å². The van der Waals surface area contributed by atoms with Crippen LogP contribution in [0.15, 0.2) is 48.5 Å². The number of amides is 4. The van der Waals surface area contributed by atoms with Crippen molar-refractivity contribution < 1.29 is 23.9 Å². The topological polar surface area (TPSA) is 100 Å². The van der Waals surface area contributed by atoms with Crippen molar-refractivity contribution in [3.05, 3.63) is 54.1 Å². The Labute approximate surface area is 185 Å². The van der Waals surface area contributed by atoms with Crippen LogP contribution < -0.4 is 20.1 Å². The molecule has 0 aromatic heterocycles. The number of hydrogen-bond donors (Lipinski definition) is 2. The number of imide groups is 1. The molecular formula is C23H24N4O5. The number of carbonyl (C=O) groups is 3. The minimum Gasteiger partial charge on any atom is -0.454 e. The zero-order valence-electron chi connectivity index (χ0n) is 17.5. The fourth-order valence-electron chi connectivity index (χ4n) is 4.41. The molecule has 3 heterocycles. The highest BCUT2D eigenvalue weighted by atomic mass is 16.7. The van der Waals surface area contributed by atoms with E-state index in [2.05, 4.69) is 27.7 Å². The zero-order chi connectivity index (χ0) is 22.1. The molecule has 2 fully saturated rings. The molecule has 166 valence electrons. The molecule has 9 heteroatoms. The first-order valence-corrected chi connectivity index (χ1v) is 10.6. The van der Waals surface area contributed by atoms with Crippen LogP contribution >= 0.6 is 0 Å². The number of ether oxygens (including phenoxy) is 2. The van der Waals surface area contributed by atoms with Gasteiger partial charge in [-0.2, -0.15) is 0 Å². The largest absolute Gasteiger partial charge is 0.454 e. The number of carbonyl (C=O) groups excluding carboxylic acids is 3. The van der Waals surface area contributed by atoms with Gasteiger partial charge in [0, 0.05) is 31.4 Å². The van der Waals surface area contributed by atoms with Crippen molar-refractivity contribution in [2.75, 3.05) is 31.7 Å². The van der Waals surface area contributed by atoms with E-state index in [1.54, 1.807) is 18.2 Å². The van der Waals surface area contributed by atoms with Crippen LogP contribution in [0.1, 0.15) is 18.4 Å². The number of fused-ring (bicyclic) bond motifs is 1. The Hall–Kier alpha value is -3.59. The van der Waals surface area contributed by atoms with Crippen LogP contribution in [0.2, 0.25) is 0 Å². The maximum atomic E-state index is 13.1. The van der Waals surface area contributed by atoms with Gasteiger partial charge in [-0.15, -0.1) is 0 Å². The number of urea groups is 1. The first-order valence-electron chi connectivity index (χ1n) is 10.6. The maximum Gasteiger partial charge on any atom is 0.325 e. The average Bonchev–Trinajstić information content (AvgIpc) is 3.34. The van der Waals surface area contributed by atoms with Crippen LogP contribution in [0.25, 0.3) is 0 Å². The van der Waals surface area contributed by atoms with Gasteiger partial charge in [-0.1, -0.05) is 30.3 Å². The Morgan fingerprint density at radius 2 is 1.78 bits per heavy atom. The standard InChI is InChI=1S/C23H24N4O5/c28-20(24-17-6-7-18-19(12-17)32-15-31-18)14-27-21(29)23(25-22(27)30)8-10-26(11-9-23)13-16-4-2-1-3-5-16/h1-7,12H,8-11,13-15H2,(H,24,28)(H,25,30). The Bertz CT molecular complexity index is 1050. The molecule has 2 N–H and O–H groups in total. The summed E-state index contributed by atoms with van der Waals surface area (Å²) in [5, 5.41) is 5.56. The summed E-state index contributed by atoms with van der Waals surface area (Å²) < 4.78 is 10.6. The summed E-state index contributed by atoms with van der Waals surface area (Å²) in [4.78, 5) is 41.4. The molecule has 3 aliphatic rings. The molecular weight excluding hydrogens is 412 g/mol. The van der Waals surface area contributed by atoms with E-state index in [4.69, 9.17) is 9.47 Å². The highest BCUT2D eigenvalue weighted by molar-refractivity contribution is 6.10. The second-order valence-electron chi connectivity index (χ2n) is 8.28. The van der Waals surface area contributed by atoms with Crippen LogP contribution in [0.3, 0.4) is 0 Å². The highest BCUT2D eigenvalue weighted by Crippen LogP contribution is 2.34. The molecule has 2 aromatic carbocycles. The van der Waals surface area contributed by atoms with Crippen LogP contribution in [0.5, 0.6) is 11.5 Å². The monoisotopic (exact) mass is 436 g/mol. The number of nitrogens with one attached hydrogen (secondary N) is 2. The lowest BCUT2D eigenvalue weighted by Crippen LogP contribution is -2.54. The molecule has 2 aromatic rings. The van der Waals surface area contributed by atoms with E-state index in [-0.39, 0.29) is 19.2 Å². The van der Waals surface area contributed by atoms with Gasteiger partial charge in [0.05, 0.1) is 0 Å². The van der Waals surface area contributed by atoms with Crippen LogP contribution in [-0.2, 0) is 16.1 Å². The Kier molecular flexibility index (Phi) is 5.18. The molecule has 32 heavy (non-hydrogen) atoms. The van der Waals surface area contributed by atoms with E-state index in [0.717, 1.165) is 11.4 Å². The third-order valence-electron chi connectivity index (χ3n) is 6.16. The predicted molar refractivity (Wildman–Crippen MR) is 115 cm³/mol. The van der Waals surface area contributed by atoms with Gasteiger partial charge in [0.25, 0.3) is 5.91 Å². The first kappa shape index (κ1) is 20.3.